The fourth-order valence-corrected chi connectivity index (χ4v) is 3.85. The number of hydrogen-bond donors (Lipinski definition) is 0. The number of ether oxygens (including phenoxy) is 2. The molecule has 2 aliphatic heterocycles. The zero-order valence-electron chi connectivity index (χ0n) is 15.1. The minimum absolute atomic E-state index is 0.000558. The summed E-state index contributed by atoms with van der Waals surface area (Å²) in [5.74, 6) is -0.0762. The smallest absolute Gasteiger partial charge is 0.250 e. The number of aromatic nitrogens is 2. The lowest BCUT2D eigenvalue weighted by Gasteiger charge is -2.32. The molecule has 0 aliphatic carbocycles. The predicted molar refractivity (Wildman–Crippen MR) is 98.0 cm³/mol. The molecule has 2 aliphatic rings. The molecule has 2 aromatic heterocycles. The number of carbonyl (C=O) groups excluding carboxylic acids is 1. The molecule has 142 valence electrons. The summed E-state index contributed by atoms with van der Waals surface area (Å²) >= 11 is 0. The Morgan fingerprint density at radius 1 is 1.26 bits per heavy atom. The van der Waals surface area contributed by atoms with Crippen LogP contribution in [0.15, 0.2) is 53.6 Å². The molecule has 0 radical (unpaired) electrons. The van der Waals surface area contributed by atoms with Crippen molar-refractivity contribution in [2.75, 3.05) is 13.2 Å². The SMILES string of the molecule is O=C(Cn1ccccc1=O)N1C[C@H](OCc2ccccn2)[C@H]2OCCC[C@H]21. The molecule has 27 heavy (non-hydrogen) atoms. The number of hydrogen-bond acceptors (Lipinski definition) is 5. The quantitative estimate of drug-likeness (QED) is 0.792. The summed E-state index contributed by atoms with van der Waals surface area (Å²) in [6.45, 7) is 1.58. The van der Waals surface area contributed by atoms with Gasteiger partial charge in [-0.25, -0.2) is 0 Å². The van der Waals surface area contributed by atoms with Gasteiger partial charge in [0, 0.05) is 31.6 Å². The number of pyridine rings is 2. The first kappa shape index (κ1) is 17.9. The molecule has 0 N–H and O–H groups in total. The van der Waals surface area contributed by atoms with Gasteiger partial charge in [0.1, 0.15) is 18.8 Å². The summed E-state index contributed by atoms with van der Waals surface area (Å²) in [7, 11) is 0. The average Bonchev–Trinajstić information content (AvgIpc) is 3.08. The molecule has 3 atom stereocenters. The summed E-state index contributed by atoms with van der Waals surface area (Å²) < 4.78 is 13.4. The number of amides is 1. The zero-order valence-corrected chi connectivity index (χ0v) is 15.1. The van der Waals surface area contributed by atoms with Gasteiger partial charge in [-0.3, -0.25) is 14.6 Å². The lowest BCUT2D eigenvalue weighted by Crippen LogP contribution is -2.45. The summed E-state index contributed by atoms with van der Waals surface area (Å²) in [4.78, 5) is 30.9. The van der Waals surface area contributed by atoms with Gasteiger partial charge >= 0.3 is 0 Å². The lowest BCUT2D eigenvalue weighted by atomic mass is 10.0. The highest BCUT2D eigenvalue weighted by Gasteiger charge is 2.46. The summed E-state index contributed by atoms with van der Waals surface area (Å²) in [6.07, 6.45) is 4.88. The molecule has 1 amide bonds. The minimum atomic E-state index is -0.186. The Hall–Kier alpha value is -2.51. The van der Waals surface area contributed by atoms with E-state index < -0.39 is 0 Å². The average molecular weight is 369 g/mol. The molecule has 4 rings (SSSR count). The Bertz CT molecular complexity index is 838. The van der Waals surface area contributed by atoms with Crippen LogP contribution in [-0.2, 0) is 27.4 Å². The molecule has 4 heterocycles. The summed E-state index contributed by atoms with van der Waals surface area (Å²) in [5.41, 5.74) is 0.676. The highest BCUT2D eigenvalue weighted by molar-refractivity contribution is 5.77. The maximum Gasteiger partial charge on any atom is 0.250 e. The Balaban J connectivity index is 1.45. The van der Waals surface area contributed by atoms with Crippen LogP contribution in [0.2, 0.25) is 0 Å². The van der Waals surface area contributed by atoms with Crippen LogP contribution in [0.4, 0.5) is 0 Å². The van der Waals surface area contributed by atoms with E-state index in [-0.39, 0.29) is 36.3 Å². The lowest BCUT2D eigenvalue weighted by molar-refractivity contribution is -0.135. The second-order valence-corrected chi connectivity index (χ2v) is 6.93. The van der Waals surface area contributed by atoms with Gasteiger partial charge in [0.25, 0.3) is 5.56 Å². The Kier molecular flexibility index (Phi) is 5.31. The van der Waals surface area contributed by atoms with Crippen molar-refractivity contribution >= 4 is 5.91 Å². The van der Waals surface area contributed by atoms with Crippen LogP contribution in [0, 0.1) is 0 Å². The van der Waals surface area contributed by atoms with Crippen LogP contribution in [0.1, 0.15) is 18.5 Å². The van der Waals surface area contributed by atoms with Crippen molar-refractivity contribution in [1.82, 2.24) is 14.5 Å². The van der Waals surface area contributed by atoms with Crippen LogP contribution < -0.4 is 5.56 Å². The molecule has 2 aromatic rings. The van der Waals surface area contributed by atoms with E-state index in [9.17, 15) is 9.59 Å². The van der Waals surface area contributed by atoms with Crippen LogP contribution in [0.3, 0.4) is 0 Å². The molecule has 0 unspecified atom stereocenters. The van der Waals surface area contributed by atoms with Crippen LogP contribution in [0.5, 0.6) is 0 Å². The third kappa shape index (κ3) is 3.94. The van der Waals surface area contributed by atoms with E-state index in [1.165, 1.54) is 10.6 Å². The standard InChI is InChI=1S/C20H23N3O4/c24-18-8-2-4-10-22(18)13-19(25)23-12-17(20-16(23)7-5-11-26-20)27-14-15-6-1-3-9-21-15/h1-4,6,8-10,16-17,20H,5,7,11-14H2/t16-,17+,20+/m1/s1. The van der Waals surface area contributed by atoms with Gasteiger partial charge in [0.05, 0.1) is 18.3 Å². The Labute approximate surface area is 157 Å². The van der Waals surface area contributed by atoms with E-state index in [0.717, 1.165) is 18.5 Å². The molecule has 2 saturated heterocycles. The molecular formula is C20H23N3O4. The molecule has 7 heteroatoms. The van der Waals surface area contributed by atoms with E-state index in [1.807, 2.05) is 23.1 Å². The molecule has 0 bridgehead atoms. The summed E-state index contributed by atoms with van der Waals surface area (Å²) in [6, 6.07) is 10.6. The molecule has 0 spiro atoms. The number of likely N-dealkylation sites (tertiary alicyclic amines) is 1. The molecular weight excluding hydrogens is 346 g/mol. The second-order valence-electron chi connectivity index (χ2n) is 6.93. The van der Waals surface area contributed by atoms with Crippen molar-refractivity contribution in [1.29, 1.82) is 0 Å². The van der Waals surface area contributed by atoms with Gasteiger partial charge in [-0.05, 0) is 31.0 Å². The van der Waals surface area contributed by atoms with Crippen LogP contribution in [-0.4, -0.2) is 51.8 Å². The van der Waals surface area contributed by atoms with E-state index in [2.05, 4.69) is 4.98 Å². The maximum atomic E-state index is 12.9. The number of rotatable bonds is 5. The van der Waals surface area contributed by atoms with E-state index >= 15 is 0 Å². The van der Waals surface area contributed by atoms with Crippen molar-refractivity contribution in [3.8, 4) is 0 Å². The third-order valence-corrected chi connectivity index (χ3v) is 5.17. The topological polar surface area (TPSA) is 73.7 Å². The molecule has 7 nitrogen and oxygen atoms in total. The second kappa shape index (κ2) is 8.02. The van der Waals surface area contributed by atoms with E-state index in [4.69, 9.17) is 9.47 Å². The fourth-order valence-electron chi connectivity index (χ4n) is 3.85. The van der Waals surface area contributed by atoms with Crippen molar-refractivity contribution in [2.24, 2.45) is 0 Å². The highest BCUT2D eigenvalue weighted by atomic mass is 16.5. The number of fused-ring (bicyclic) bond motifs is 1. The van der Waals surface area contributed by atoms with Gasteiger partial charge in [0.15, 0.2) is 0 Å². The Morgan fingerprint density at radius 3 is 2.96 bits per heavy atom. The predicted octanol–water partition coefficient (Wildman–Crippen LogP) is 1.22. The monoisotopic (exact) mass is 369 g/mol. The van der Waals surface area contributed by atoms with Gasteiger partial charge in [0.2, 0.25) is 5.91 Å². The van der Waals surface area contributed by atoms with Gasteiger partial charge < -0.3 is 18.9 Å². The van der Waals surface area contributed by atoms with Gasteiger partial charge in [-0.2, -0.15) is 0 Å². The summed E-state index contributed by atoms with van der Waals surface area (Å²) in [5, 5.41) is 0. The largest absolute Gasteiger partial charge is 0.373 e. The maximum absolute atomic E-state index is 12.9. The number of nitrogens with zero attached hydrogens (tertiary/aromatic N) is 3. The minimum Gasteiger partial charge on any atom is -0.373 e. The first-order chi connectivity index (χ1) is 13.2. The molecule has 2 fully saturated rings. The van der Waals surface area contributed by atoms with Gasteiger partial charge in [-0.15, -0.1) is 0 Å². The molecule has 0 saturated carbocycles. The van der Waals surface area contributed by atoms with E-state index in [1.54, 1.807) is 24.5 Å². The highest BCUT2D eigenvalue weighted by Crippen LogP contribution is 2.31. The molecule has 0 aromatic carbocycles. The van der Waals surface area contributed by atoms with Crippen LogP contribution >= 0.6 is 0 Å². The van der Waals surface area contributed by atoms with Crippen molar-refractivity contribution in [3.05, 3.63) is 64.8 Å². The van der Waals surface area contributed by atoms with E-state index in [0.29, 0.717) is 19.8 Å². The van der Waals surface area contributed by atoms with Crippen LogP contribution in [0.25, 0.3) is 0 Å². The third-order valence-electron chi connectivity index (χ3n) is 5.17. The first-order valence-electron chi connectivity index (χ1n) is 9.30. The van der Waals surface area contributed by atoms with Crippen molar-refractivity contribution < 1.29 is 14.3 Å². The first-order valence-corrected chi connectivity index (χ1v) is 9.30. The van der Waals surface area contributed by atoms with Crippen molar-refractivity contribution in [3.63, 3.8) is 0 Å². The normalized spacial score (nSPS) is 24.6. The van der Waals surface area contributed by atoms with Crippen molar-refractivity contribution in [2.45, 2.75) is 44.2 Å². The van der Waals surface area contributed by atoms with Gasteiger partial charge in [-0.1, -0.05) is 12.1 Å². The number of carbonyl (C=O) groups is 1. The zero-order chi connectivity index (χ0) is 18.6. The fraction of sp³-hybridized carbons (Fsp3) is 0.450. The Morgan fingerprint density at radius 2 is 2.15 bits per heavy atom.